The zero-order chi connectivity index (χ0) is 14.9. The number of aliphatic imine (C=N–C) groups is 1. The molecule has 0 spiro atoms. The highest BCUT2D eigenvalue weighted by Gasteiger charge is 2.45. The van der Waals surface area contributed by atoms with Gasteiger partial charge < -0.3 is 0 Å². The summed E-state index contributed by atoms with van der Waals surface area (Å²) < 4.78 is 0. The molecule has 1 N–H and O–H groups in total. The van der Waals surface area contributed by atoms with Crippen LogP contribution in [-0.2, 0) is 19.2 Å². The van der Waals surface area contributed by atoms with E-state index in [0.717, 1.165) is 4.90 Å². The number of likely N-dealkylation sites (tertiary alicyclic amines) is 1. The summed E-state index contributed by atoms with van der Waals surface area (Å²) in [5, 5.41) is 2.12. The summed E-state index contributed by atoms with van der Waals surface area (Å²) in [6, 6.07) is -0.971. The van der Waals surface area contributed by atoms with E-state index in [-0.39, 0.29) is 24.0 Å². The standard InChI is InChI=1S/C13H13N3O4/c1-3-14-6-8-7(2)12(19)16(13(8)20)9-4-5-10(17)15-11(9)18/h3,6,9H,2,4-5H2,1H3,(H,15,17,18)/b8-6+,14-3-. The molecule has 20 heavy (non-hydrogen) atoms. The van der Waals surface area contributed by atoms with Gasteiger partial charge in [-0.25, -0.2) is 0 Å². The van der Waals surface area contributed by atoms with Gasteiger partial charge in [0.25, 0.3) is 11.8 Å². The van der Waals surface area contributed by atoms with Crippen LogP contribution in [0.25, 0.3) is 0 Å². The predicted molar refractivity (Wildman–Crippen MR) is 69.4 cm³/mol. The van der Waals surface area contributed by atoms with Crippen molar-refractivity contribution in [3.63, 3.8) is 0 Å². The summed E-state index contributed by atoms with van der Waals surface area (Å²) in [5.41, 5.74) is 0.0723. The average Bonchev–Trinajstić information content (AvgIpc) is 2.60. The molecule has 0 aromatic rings. The molecule has 0 aliphatic carbocycles. The molecule has 7 nitrogen and oxygen atoms in total. The van der Waals surface area contributed by atoms with Crippen LogP contribution < -0.4 is 5.32 Å². The smallest absolute Gasteiger partial charge is 0.263 e. The molecule has 0 bridgehead atoms. The normalized spacial score (nSPS) is 26.1. The van der Waals surface area contributed by atoms with Gasteiger partial charge in [0.05, 0.1) is 5.57 Å². The third-order valence-electron chi connectivity index (χ3n) is 3.13. The minimum Gasteiger partial charge on any atom is -0.295 e. The van der Waals surface area contributed by atoms with Crippen molar-refractivity contribution < 1.29 is 19.2 Å². The number of hydrogen-bond donors (Lipinski definition) is 1. The summed E-state index contributed by atoms with van der Waals surface area (Å²) in [7, 11) is 0. The van der Waals surface area contributed by atoms with Gasteiger partial charge in [-0.3, -0.25) is 34.4 Å². The molecule has 104 valence electrons. The van der Waals surface area contributed by atoms with Crippen molar-refractivity contribution in [1.29, 1.82) is 0 Å². The Kier molecular flexibility index (Phi) is 3.60. The fourth-order valence-corrected chi connectivity index (χ4v) is 2.11. The van der Waals surface area contributed by atoms with Crippen LogP contribution in [0.1, 0.15) is 19.8 Å². The Hall–Kier alpha value is -2.57. The maximum absolute atomic E-state index is 12.2. The minimum atomic E-state index is -0.971. The highest BCUT2D eigenvalue weighted by atomic mass is 16.2. The molecular weight excluding hydrogens is 262 g/mol. The van der Waals surface area contributed by atoms with Crippen molar-refractivity contribution in [2.45, 2.75) is 25.8 Å². The van der Waals surface area contributed by atoms with Gasteiger partial charge in [0, 0.05) is 24.4 Å². The lowest BCUT2D eigenvalue weighted by atomic mass is 10.0. The zero-order valence-corrected chi connectivity index (χ0v) is 10.9. The third kappa shape index (κ3) is 2.18. The van der Waals surface area contributed by atoms with Gasteiger partial charge in [0.15, 0.2) is 0 Å². The monoisotopic (exact) mass is 275 g/mol. The van der Waals surface area contributed by atoms with Crippen LogP contribution in [0, 0.1) is 0 Å². The van der Waals surface area contributed by atoms with Crippen molar-refractivity contribution in [2.75, 3.05) is 0 Å². The van der Waals surface area contributed by atoms with E-state index in [2.05, 4.69) is 16.9 Å². The molecule has 2 rings (SSSR count). The first kappa shape index (κ1) is 13.9. The van der Waals surface area contributed by atoms with Gasteiger partial charge in [0.1, 0.15) is 6.04 Å². The number of nitrogens with one attached hydrogen (secondary N) is 1. The fourth-order valence-electron chi connectivity index (χ4n) is 2.11. The average molecular weight is 275 g/mol. The van der Waals surface area contributed by atoms with Crippen LogP contribution in [0.4, 0.5) is 0 Å². The van der Waals surface area contributed by atoms with E-state index >= 15 is 0 Å². The first-order valence-electron chi connectivity index (χ1n) is 6.06. The second kappa shape index (κ2) is 5.20. The second-order valence-electron chi connectivity index (χ2n) is 4.38. The first-order chi connectivity index (χ1) is 9.47. The van der Waals surface area contributed by atoms with E-state index in [1.807, 2.05) is 0 Å². The lowest BCUT2D eigenvalue weighted by molar-refractivity contribution is -0.149. The molecule has 0 aromatic heterocycles. The molecule has 2 aliphatic rings. The number of carbonyl (C=O) groups is 4. The van der Waals surface area contributed by atoms with E-state index in [0.29, 0.717) is 0 Å². The molecule has 2 aliphatic heterocycles. The largest absolute Gasteiger partial charge is 0.295 e. The second-order valence-corrected chi connectivity index (χ2v) is 4.38. The van der Waals surface area contributed by atoms with E-state index in [4.69, 9.17) is 0 Å². The van der Waals surface area contributed by atoms with Gasteiger partial charge in [-0.05, 0) is 13.3 Å². The molecule has 0 saturated carbocycles. The van der Waals surface area contributed by atoms with Crippen LogP contribution in [0.3, 0.4) is 0 Å². The molecule has 2 heterocycles. The van der Waals surface area contributed by atoms with Crippen molar-refractivity contribution in [2.24, 2.45) is 4.99 Å². The third-order valence-corrected chi connectivity index (χ3v) is 3.13. The maximum atomic E-state index is 12.2. The highest BCUT2D eigenvalue weighted by Crippen LogP contribution is 2.28. The van der Waals surface area contributed by atoms with Gasteiger partial charge >= 0.3 is 0 Å². The Morgan fingerprint density at radius 1 is 1.30 bits per heavy atom. The van der Waals surface area contributed by atoms with Crippen LogP contribution in [0.15, 0.2) is 28.9 Å². The molecule has 7 heteroatoms. The summed E-state index contributed by atoms with van der Waals surface area (Å²) in [5.74, 6) is -2.28. The van der Waals surface area contributed by atoms with Crippen LogP contribution in [-0.4, -0.2) is 40.8 Å². The Morgan fingerprint density at radius 2 is 2.00 bits per heavy atom. The number of nitrogens with zero attached hydrogens (tertiary/aromatic N) is 2. The van der Waals surface area contributed by atoms with E-state index in [1.54, 1.807) is 6.92 Å². The molecular formula is C13H13N3O4. The van der Waals surface area contributed by atoms with Crippen molar-refractivity contribution in [3.05, 3.63) is 23.9 Å². The SMILES string of the molecule is C=C1C(=O)N(C2CCC(=O)NC2=O)C(=O)/C1=C/N=C\C. The summed E-state index contributed by atoms with van der Waals surface area (Å²) in [6.07, 6.45) is 2.92. The molecule has 2 fully saturated rings. The molecule has 4 amide bonds. The fraction of sp³-hybridized carbons (Fsp3) is 0.308. The van der Waals surface area contributed by atoms with Crippen LogP contribution >= 0.6 is 0 Å². The number of imide groups is 2. The summed E-state index contributed by atoms with van der Waals surface area (Å²) in [4.78, 5) is 51.8. The Morgan fingerprint density at radius 3 is 2.60 bits per heavy atom. The Labute approximate surface area is 115 Å². The number of hydrogen-bond acceptors (Lipinski definition) is 5. The number of piperidine rings is 1. The highest BCUT2D eigenvalue weighted by molar-refractivity contribution is 6.26. The molecule has 0 radical (unpaired) electrons. The lowest BCUT2D eigenvalue weighted by Gasteiger charge is -2.27. The van der Waals surface area contributed by atoms with E-state index < -0.39 is 29.7 Å². The predicted octanol–water partition coefficient (Wildman–Crippen LogP) is -0.309. The lowest BCUT2D eigenvalue weighted by Crippen LogP contribution is -2.54. The van der Waals surface area contributed by atoms with Gasteiger partial charge in [-0.1, -0.05) is 6.58 Å². The summed E-state index contributed by atoms with van der Waals surface area (Å²) >= 11 is 0. The Bertz CT molecular complexity index is 588. The quantitative estimate of drug-likeness (QED) is 0.425. The van der Waals surface area contributed by atoms with Gasteiger partial charge in [-0.2, -0.15) is 0 Å². The van der Waals surface area contributed by atoms with Gasteiger partial charge in [-0.15, -0.1) is 0 Å². The maximum Gasteiger partial charge on any atom is 0.263 e. The summed E-state index contributed by atoms with van der Waals surface area (Å²) in [6.45, 7) is 5.22. The molecule has 0 aromatic carbocycles. The zero-order valence-electron chi connectivity index (χ0n) is 10.9. The van der Waals surface area contributed by atoms with Crippen molar-refractivity contribution >= 4 is 29.8 Å². The van der Waals surface area contributed by atoms with Crippen LogP contribution in [0.5, 0.6) is 0 Å². The van der Waals surface area contributed by atoms with E-state index in [1.165, 1.54) is 12.4 Å². The van der Waals surface area contributed by atoms with Gasteiger partial charge in [0.2, 0.25) is 11.8 Å². The van der Waals surface area contributed by atoms with Crippen molar-refractivity contribution in [1.82, 2.24) is 10.2 Å². The first-order valence-corrected chi connectivity index (χ1v) is 6.06. The topological polar surface area (TPSA) is 95.9 Å². The molecule has 1 unspecified atom stereocenters. The van der Waals surface area contributed by atoms with Crippen LogP contribution in [0.2, 0.25) is 0 Å². The number of carbonyl (C=O) groups excluding carboxylic acids is 4. The number of rotatable bonds is 2. The minimum absolute atomic E-state index is 0.00491. The molecule has 1 atom stereocenters. The Balaban J connectivity index is 2.31. The molecule has 2 saturated heterocycles. The van der Waals surface area contributed by atoms with Crippen molar-refractivity contribution in [3.8, 4) is 0 Å². The van der Waals surface area contributed by atoms with E-state index in [9.17, 15) is 19.2 Å². The number of amides is 4.